The highest BCUT2D eigenvalue weighted by Crippen LogP contribution is 2.31. The summed E-state index contributed by atoms with van der Waals surface area (Å²) in [5.41, 5.74) is 8.60. The smallest absolute Gasteiger partial charge is 0.414 e. The molecule has 2 aliphatic heterocycles. The molecule has 212 valence electrons. The van der Waals surface area contributed by atoms with Gasteiger partial charge in [0.05, 0.1) is 32.4 Å². The predicted octanol–water partition coefficient (Wildman–Crippen LogP) is -1.54. The van der Waals surface area contributed by atoms with Crippen molar-refractivity contribution >= 4 is 42.2 Å². The Labute approximate surface area is 217 Å². The molecule has 1 unspecified atom stereocenters. The Kier molecular flexibility index (Phi) is 13.6. The first-order valence-corrected chi connectivity index (χ1v) is 11.2. The molecular weight excluding hydrogens is 512 g/mol. The lowest BCUT2D eigenvalue weighted by atomic mass is 10.2. The number of nitrogens with zero attached hydrogens (tertiary/aromatic N) is 4. The highest BCUT2D eigenvalue weighted by molar-refractivity contribution is 5.90. The third-order valence-electron chi connectivity index (χ3n) is 5.21. The lowest BCUT2D eigenvalue weighted by Gasteiger charge is -2.36. The Morgan fingerprint density at radius 3 is 2.24 bits per heavy atom. The normalized spacial score (nSPS) is 16.6. The Morgan fingerprint density at radius 2 is 1.76 bits per heavy atom. The second-order valence-corrected chi connectivity index (χ2v) is 7.58. The molecule has 1 aromatic carbocycles. The van der Waals surface area contributed by atoms with Crippen molar-refractivity contribution in [3.05, 3.63) is 23.8 Å². The number of carbonyl (C=O) groups is 4. The first-order valence-electron chi connectivity index (χ1n) is 11.2. The summed E-state index contributed by atoms with van der Waals surface area (Å²) in [5.74, 6) is 2.78. The fraction of sp³-hybridized carbons (Fsp3) is 0.476. The van der Waals surface area contributed by atoms with E-state index in [0.717, 1.165) is 23.4 Å². The van der Waals surface area contributed by atoms with Gasteiger partial charge in [0.25, 0.3) is 0 Å². The average molecular weight is 546 g/mol. The zero-order chi connectivity index (χ0) is 28.7. The summed E-state index contributed by atoms with van der Waals surface area (Å²) in [6.45, 7) is 1.52. The number of likely N-dealkylation sites (N-methyl/N-ethyl adjacent to an activating group) is 1. The number of nitrogens with two attached hydrogens (primary N) is 3. The van der Waals surface area contributed by atoms with Crippen LogP contribution in [0.1, 0.15) is 0 Å². The first kappa shape index (κ1) is 31.6. The minimum atomic E-state index is -0.811. The lowest BCUT2D eigenvalue weighted by molar-refractivity contribution is -0.130. The Balaban J connectivity index is 0.000000923. The molecular formula is C21H33F2N9O6. The van der Waals surface area contributed by atoms with Crippen molar-refractivity contribution in [1.82, 2.24) is 15.5 Å². The molecule has 0 spiro atoms. The summed E-state index contributed by atoms with van der Waals surface area (Å²) in [5, 5.41) is 8.09. The summed E-state index contributed by atoms with van der Waals surface area (Å²) in [6.07, 6.45) is -0.843. The molecule has 3 rings (SSSR count). The number of methoxy groups -OCH3 is 1. The van der Waals surface area contributed by atoms with Gasteiger partial charge in [-0.05, 0) is 7.05 Å². The molecule has 0 radical (unpaired) electrons. The van der Waals surface area contributed by atoms with E-state index < -0.39 is 29.9 Å². The van der Waals surface area contributed by atoms with Crippen LogP contribution in [0.4, 0.5) is 29.7 Å². The molecule has 38 heavy (non-hydrogen) atoms. The molecule has 17 heteroatoms. The second-order valence-electron chi connectivity index (χ2n) is 7.58. The van der Waals surface area contributed by atoms with Crippen molar-refractivity contribution < 1.29 is 37.4 Å². The van der Waals surface area contributed by atoms with Crippen molar-refractivity contribution in [2.45, 2.75) is 6.10 Å². The van der Waals surface area contributed by atoms with Gasteiger partial charge < -0.3 is 47.2 Å². The highest BCUT2D eigenvalue weighted by atomic mass is 19.1. The molecule has 0 bridgehead atoms. The van der Waals surface area contributed by atoms with E-state index in [9.17, 15) is 23.2 Å². The molecule has 2 aliphatic rings. The number of primary amides is 1. The average Bonchev–Trinajstić information content (AvgIpc) is 3.28. The van der Waals surface area contributed by atoms with Crippen LogP contribution >= 0.6 is 0 Å². The zero-order valence-corrected chi connectivity index (χ0v) is 21.1. The summed E-state index contributed by atoms with van der Waals surface area (Å²) >= 11 is 0. The summed E-state index contributed by atoms with van der Waals surface area (Å²) in [7, 11) is 2.88. The van der Waals surface area contributed by atoms with Gasteiger partial charge in [-0.1, -0.05) is 0 Å². The van der Waals surface area contributed by atoms with Crippen molar-refractivity contribution in [2.24, 2.45) is 22.4 Å². The largest absolute Gasteiger partial charge is 0.453 e. The van der Waals surface area contributed by atoms with Gasteiger partial charge >= 0.3 is 12.2 Å². The maximum Gasteiger partial charge on any atom is 0.414 e. The van der Waals surface area contributed by atoms with E-state index in [-0.39, 0.29) is 56.4 Å². The number of anilines is 2. The highest BCUT2D eigenvalue weighted by Gasteiger charge is 2.34. The number of rotatable bonds is 6. The molecule has 1 atom stereocenters. The maximum atomic E-state index is 14.8. The van der Waals surface area contributed by atoms with E-state index in [4.69, 9.17) is 9.53 Å². The molecule has 15 nitrogen and oxygen atoms in total. The fourth-order valence-electron chi connectivity index (χ4n) is 3.56. The van der Waals surface area contributed by atoms with Crippen molar-refractivity contribution in [3.63, 3.8) is 0 Å². The molecule has 8 N–H and O–H groups in total. The minimum Gasteiger partial charge on any atom is -0.453 e. The Bertz CT molecular complexity index is 949. The van der Waals surface area contributed by atoms with Crippen LogP contribution in [0.25, 0.3) is 0 Å². The number of hydrogen-bond acceptors (Lipinski definition) is 10. The van der Waals surface area contributed by atoms with Crippen LogP contribution in [0.15, 0.2) is 17.2 Å². The minimum absolute atomic E-state index is 0.00844. The number of hydrazone groups is 1. The van der Waals surface area contributed by atoms with Crippen LogP contribution in [-0.4, -0.2) is 102 Å². The fourth-order valence-corrected chi connectivity index (χ4v) is 3.56. The van der Waals surface area contributed by atoms with E-state index in [1.807, 2.05) is 0 Å². The number of hydrogen-bond donors (Lipinski definition) is 5. The molecule has 0 saturated carbocycles. The van der Waals surface area contributed by atoms with Crippen LogP contribution < -0.4 is 37.7 Å². The van der Waals surface area contributed by atoms with Crippen LogP contribution in [0, 0.1) is 11.6 Å². The van der Waals surface area contributed by atoms with Gasteiger partial charge in [0.1, 0.15) is 18.1 Å². The quantitative estimate of drug-likeness (QED) is 0.0914. The summed E-state index contributed by atoms with van der Waals surface area (Å²) in [4.78, 5) is 48.1. The van der Waals surface area contributed by atoms with Crippen LogP contribution in [0.5, 0.6) is 0 Å². The molecule has 2 fully saturated rings. The first-order chi connectivity index (χ1) is 18.2. The lowest BCUT2D eigenvalue weighted by Crippen LogP contribution is -2.51. The van der Waals surface area contributed by atoms with E-state index in [1.165, 1.54) is 7.11 Å². The number of nitrogens with one attached hydrogen (secondary N) is 2. The van der Waals surface area contributed by atoms with Crippen LogP contribution in [-0.2, 0) is 19.1 Å². The van der Waals surface area contributed by atoms with Gasteiger partial charge in [-0.3, -0.25) is 14.5 Å². The van der Waals surface area contributed by atoms with E-state index in [0.29, 0.717) is 13.1 Å². The van der Waals surface area contributed by atoms with Crippen molar-refractivity contribution in [3.8, 4) is 0 Å². The zero-order valence-electron chi connectivity index (χ0n) is 21.1. The number of benzene rings is 1. The molecule has 2 saturated heterocycles. The number of carbonyl (C=O) groups excluding carboxylic acids is 4. The topological polar surface area (TPSA) is 211 Å². The van der Waals surface area contributed by atoms with E-state index >= 15 is 0 Å². The van der Waals surface area contributed by atoms with E-state index in [2.05, 4.69) is 37.8 Å². The molecule has 2 heterocycles. The Hall–Kier alpha value is -4.41. The van der Waals surface area contributed by atoms with Gasteiger partial charge in [0.2, 0.25) is 12.3 Å². The molecule has 0 aliphatic carbocycles. The van der Waals surface area contributed by atoms with Gasteiger partial charge in [0, 0.05) is 38.3 Å². The summed E-state index contributed by atoms with van der Waals surface area (Å²) in [6, 6.07) is 2.16. The third-order valence-corrected chi connectivity index (χ3v) is 5.21. The number of amides is 4. The number of alkyl carbamates (subject to hydrolysis) is 1. The predicted molar refractivity (Wildman–Crippen MR) is 134 cm³/mol. The maximum absolute atomic E-state index is 14.8. The number of piperazine rings is 1. The van der Waals surface area contributed by atoms with Gasteiger partial charge in [-0.25, -0.2) is 18.4 Å². The monoisotopic (exact) mass is 545 g/mol. The van der Waals surface area contributed by atoms with Gasteiger partial charge in [-0.2, -0.15) is 5.10 Å². The van der Waals surface area contributed by atoms with Crippen molar-refractivity contribution in [2.75, 3.05) is 69.8 Å². The number of halogens is 2. The second kappa shape index (κ2) is 16.4. The third kappa shape index (κ3) is 9.23. The van der Waals surface area contributed by atoms with Crippen LogP contribution in [0.3, 0.4) is 0 Å². The van der Waals surface area contributed by atoms with Gasteiger partial charge in [-0.15, -0.1) is 0 Å². The van der Waals surface area contributed by atoms with E-state index in [1.54, 1.807) is 16.8 Å². The molecule has 0 aromatic heterocycles. The SMILES string of the molecule is CNCC(=O)N1CCN(c2c(F)cc(N3CC(CNC(=O)OC)OC3=O)cc2F)CC1.N/C=N\N.NC=O. The number of ether oxygens (including phenoxy) is 2. The van der Waals surface area contributed by atoms with Gasteiger partial charge in [0.15, 0.2) is 11.6 Å². The van der Waals surface area contributed by atoms with Crippen LogP contribution in [0.2, 0.25) is 0 Å². The molecule has 4 amide bonds. The molecule has 1 aromatic rings. The standard InChI is InChI=1S/C19H25F2N5O5.CH5N3.CH3NO/c1-22-10-16(27)24-3-5-25(6-4-24)17-14(20)7-12(8-15(17)21)26-11-13(31-19(26)29)9-23-18(28)30-2;2-1-4-3;2-1-3/h7-8,13,22H,3-6,9-11H2,1-2H3,(H,23,28);1H,3H2,(H2,2,4);1H,(H2,2,3). The van der Waals surface area contributed by atoms with Crippen molar-refractivity contribution in [1.29, 1.82) is 0 Å². The summed E-state index contributed by atoms with van der Waals surface area (Å²) < 4.78 is 39.2. The number of cyclic esters (lactones) is 1. The Morgan fingerprint density at radius 1 is 1.21 bits per heavy atom.